The third-order valence-electron chi connectivity index (χ3n) is 7.00. The molecule has 0 saturated heterocycles. The predicted molar refractivity (Wildman–Crippen MR) is 119 cm³/mol. The molecule has 3 nitrogen and oxygen atoms in total. The van der Waals surface area contributed by atoms with Crippen LogP contribution in [-0.4, -0.2) is 12.1 Å². The molecule has 0 spiro atoms. The van der Waals surface area contributed by atoms with Crippen molar-refractivity contribution < 1.29 is 4.79 Å². The highest BCUT2D eigenvalue weighted by atomic mass is 16.2. The molecule has 2 aliphatic carbocycles. The van der Waals surface area contributed by atoms with Gasteiger partial charge in [0.25, 0.3) is 0 Å². The van der Waals surface area contributed by atoms with E-state index >= 15 is 0 Å². The summed E-state index contributed by atoms with van der Waals surface area (Å²) in [5.41, 5.74) is 3.48. The summed E-state index contributed by atoms with van der Waals surface area (Å²) in [6.45, 7) is 8.79. The van der Waals surface area contributed by atoms with Crippen LogP contribution in [0.4, 0.5) is 10.5 Å². The van der Waals surface area contributed by atoms with Crippen molar-refractivity contribution >= 4 is 11.7 Å². The summed E-state index contributed by atoms with van der Waals surface area (Å²) in [7, 11) is 0. The molecule has 0 bridgehead atoms. The van der Waals surface area contributed by atoms with E-state index in [0.29, 0.717) is 23.8 Å². The number of urea groups is 1. The first kappa shape index (κ1) is 21.2. The average Bonchev–Trinajstić information content (AvgIpc) is 2.68. The number of amides is 2. The van der Waals surface area contributed by atoms with Crippen molar-refractivity contribution in [2.75, 3.05) is 5.32 Å². The number of rotatable bonds is 5. The molecule has 156 valence electrons. The number of hydrogen-bond acceptors (Lipinski definition) is 1. The van der Waals surface area contributed by atoms with Crippen LogP contribution in [0.1, 0.15) is 108 Å². The molecule has 2 saturated carbocycles. The Balaban J connectivity index is 1.72. The highest BCUT2D eigenvalue weighted by Gasteiger charge is 2.33. The zero-order chi connectivity index (χ0) is 20.1. The van der Waals surface area contributed by atoms with Gasteiger partial charge in [-0.2, -0.15) is 0 Å². The second-order valence-electron chi connectivity index (χ2n) is 9.67. The summed E-state index contributed by atoms with van der Waals surface area (Å²) < 4.78 is 0. The first-order valence-corrected chi connectivity index (χ1v) is 11.7. The average molecular weight is 385 g/mol. The zero-order valence-electron chi connectivity index (χ0n) is 18.4. The van der Waals surface area contributed by atoms with E-state index in [1.165, 1.54) is 62.5 Å². The minimum Gasteiger partial charge on any atom is -0.335 e. The monoisotopic (exact) mass is 384 g/mol. The lowest BCUT2D eigenvalue weighted by Gasteiger charge is -2.39. The maximum absolute atomic E-state index is 13.0. The van der Waals surface area contributed by atoms with Crippen molar-refractivity contribution in [3.05, 3.63) is 29.3 Å². The topological polar surface area (TPSA) is 41.1 Å². The van der Waals surface area contributed by atoms with Crippen LogP contribution in [0, 0.1) is 11.8 Å². The summed E-state index contributed by atoms with van der Waals surface area (Å²) in [4.78, 5) is 13.0. The Morgan fingerprint density at radius 2 is 1.43 bits per heavy atom. The fourth-order valence-electron chi connectivity index (χ4n) is 5.48. The van der Waals surface area contributed by atoms with E-state index in [1.54, 1.807) is 0 Å². The molecule has 2 N–H and O–H groups in total. The Morgan fingerprint density at radius 1 is 0.857 bits per heavy atom. The molecule has 2 unspecified atom stereocenters. The SMILES string of the molecule is CC(C)c1cccc(C(C)C)c1NC(=O)NC1CCCCC1C1CCCCC1. The second-order valence-corrected chi connectivity index (χ2v) is 9.67. The van der Waals surface area contributed by atoms with Crippen molar-refractivity contribution in [1.29, 1.82) is 0 Å². The number of anilines is 1. The van der Waals surface area contributed by atoms with Gasteiger partial charge in [-0.25, -0.2) is 4.79 Å². The lowest BCUT2D eigenvalue weighted by molar-refractivity contribution is 0.153. The maximum atomic E-state index is 13.0. The van der Waals surface area contributed by atoms with Crippen molar-refractivity contribution in [2.24, 2.45) is 11.8 Å². The minimum atomic E-state index is -0.0114. The normalized spacial score (nSPS) is 23.8. The number of para-hydroxylation sites is 1. The Hall–Kier alpha value is -1.51. The largest absolute Gasteiger partial charge is 0.335 e. The molecule has 1 aromatic rings. The van der Waals surface area contributed by atoms with Gasteiger partial charge >= 0.3 is 6.03 Å². The number of nitrogens with one attached hydrogen (secondary N) is 2. The van der Waals surface area contributed by atoms with Gasteiger partial charge in [0.2, 0.25) is 0 Å². The maximum Gasteiger partial charge on any atom is 0.319 e. The summed E-state index contributed by atoms with van der Waals surface area (Å²) in [6, 6.07) is 6.75. The van der Waals surface area contributed by atoms with Gasteiger partial charge in [0, 0.05) is 11.7 Å². The Morgan fingerprint density at radius 3 is 2.04 bits per heavy atom. The van der Waals surface area contributed by atoms with Gasteiger partial charge in [0.05, 0.1) is 0 Å². The number of carbonyl (C=O) groups excluding carboxylic acids is 1. The molecule has 0 heterocycles. The molecule has 0 aromatic heterocycles. The summed E-state index contributed by atoms with van der Waals surface area (Å²) in [5, 5.41) is 6.66. The fourth-order valence-corrected chi connectivity index (χ4v) is 5.48. The summed E-state index contributed by atoms with van der Waals surface area (Å²) in [6.07, 6.45) is 11.9. The lowest BCUT2D eigenvalue weighted by Crippen LogP contribution is -2.46. The van der Waals surface area contributed by atoms with E-state index in [9.17, 15) is 4.79 Å². The second kappa shape index (κ2) is 9.80. The lowest BCUT2D eigenvalue weighted by atomic mass is 9.71. The quantitative estimate of drug-likeness (QED) is 0.554. The predicted octanol–water partition coefficient (Wildman–Crippen LogP) is 7.19. The Kier molecular flexibility index (Phi) is 7.42. The number of hydrogen-bond donors (Lipinski definition) is 2. The third kappa shape index (κ3) is 5.10. The molecule has 3 rings (SSSR count). The van der Waals surface area contributed by atoms with Gasteiger partial charge in [-0.15, -0.1) is 0 Å². The van der Waals surface area contributed by atoms with E-state index in [-0.39, 0.29) is 6.03 Å². The van der Waals surface area contributed by atoms with Crippen LogP contribution in [0.5, 0.6) is 0 Å². The molecule has 3 heteroatoms. The van der Waals surface area contributed by atoms with E-state index in [2.05, 4.69) is 56.5 Å². The van der Waals surface area contributed by atoms with Gasteiger partial charge in [-0.1, -0.05) is 90.8 Å². The highest BCUT2D eigenvalue weighted by Crippen LogP contribution is 2.38. The van der Waals surface area contributed by atoms with E-state index in [4.69, 9.17) is 0 Å². The molecule has 1 aromatic carbocycles. The molecule has 2 aliphatic rings. The molecular formula is C25H40N2O. The van der Waals surface area contributed by atoms with Crippen LogP contribution in [-0.2, 0) is 0 Å². The Labute approximate surface area is 172 Å². The standard InChI is InChI=1S/C25H40N2O/c1-17(2)20-14-10-15-21(18(3)4)24(20)27-25(28)26-23-16-9-8-13-22(23)19-11-6-5-7-12-19/h10,14-15,17-19,22-23H,5-9,11-13,16H2,1-4H3,(H2,26,27,28). The van der Waals surface area contributed by atoms with Gasteiger partial charge in [0.1, 0.15) is 0 Å². The fraction of sp³-hybridized carbons (Fsp3) is 0.720. The van der Waals surface area contributed by atoms with Crippen LogP contribution in [0.2, 0.25) is 0 Å². The number of benzene rings is 1. The van der Waals surface area contributed by atoms with Crippen LogP contribution in [0.15, 0.2) is 18.2 Å². The molecule has 2 fully saturated rings. The highest BCUT2D eigenvalue weighted by molar-refractivity contribution is 5.91. The first-order valence-electron chi connectivity index (χ1n) is 11.7. The Bertz CT molecular complexity index is 620. The number of carbonyl (C=O) groups is 1. The third-order valence-corrected chi connectivity index (χ3v) is 7.00. The summed E-state index contributed by atoms with van der Waals surface area (Å²) in [5.74, 6) is 2.26. The van der Waals surface area contributed by atoms with Crippen molar-refractivity contribution in [3.63, 3.8) is 0 Å². The molecule has 2 amide bonds. The van der Waals surface area contributed by atoms with Crippen molar-refractivity contribution in [1.82, 2.24) is 5.32 Å². The molecule has 0 aliphatic heterocycles. The van der Waals surface area contributed by atoms with Crippen LogP contribution < -0.4 is 10.6 Å². The van der Waals surface area contributed by atoms with Gasteiger partial charge in [0.15, 0.2) is 0 Å². The van der Waals surface area contributed by atoms with Crippen molar-refractivity contribution in [3.8, 4) is 0 Å². The van der Waals surface area contributed by atoms with E-state index < -0.39 is 0 Å². The molecular weight excluding hydrogens is 344 g/mol. The van der Waals surface area contributed by atoms with Crippen LogP contribution in [0.3, 0.4) is 0 Å². The van der Waals surface area contributed by atoms with E-state index in [1.807, 2.05) is 0 Å². The molecule has 28 heavy (non-hydrogen) atoms. The van der Waals surface area contributed by atoms with Gasteiger partial charge in [-0.05, 0) is 47.6 Å². The first-order chi connectivity index (χ1) is 13.5. The zero-order valence-corrected chi connectivity index (χ0v) is 18.4. The van der Waals surface area contributed by atoms with E-state index in [0.717, 1.165) is 18.0 Å². The van der Waals surface area contributed by atoms with Crippen LogP contribution >= 0.6 is 0 Å². The van der Waals surface area contributed by atoms with Gasteiger partial charge < -0.3 is 10.6 Å². The minimum absolute atomic E-state index is 0.0114. The summed E-state index contributed by atoms with van der Waals surface area (Å²) >= 11 is 0. The molecule has 0 radical (unpaired) electrons. The van der Waals surface area contributed by atoms with Crippen LogP contribution in [0.25, 0.3) is 0 Å². The smallest absolute Gasteiger partial charge is 0.319 e. The van der Waals surface area contributed by atoms with Crippen molar-refractivity contribution in [2.45, 2.75) is 103 Å². The molecule has 2 atom stereocenters. The van der Waals surface area contributed by atoms with Gasteiger partial charge in [-0.3, -0.25) is 0 Å².